The summed E-state index contributed by atoms with van der Waals surface area (Å²) in [4.78, 5) is 16.2. The second-order valence-corrected chi connectivity index (χ2v) is 10.2. The third kappa shape index (κ3) is 6.60. The van der Waals surface area contributed by atoms with Crippen LogP contribution in [0.4, 0.5) is 4.79 Å². The molecule has 0 saturated carbocycles. The Hall–Kier alpha value is -3.95. The van der Waals surface area contributed by atoms with Crippen molar-refractivity contribution >= 4 is 6.03 Å². The summed E-state index contributed by atoms with van der Waals surface area (Å²) in [5.41, 5.74) is 5.35. The van der Waals surface area contributed by atoms with Crippen molar-refractivity contribution in [1.29, 1.82) is 0 Å². The molecule has 1 saturated heterocycles. The molecular weight excluding hydrogens is 506 g/mol. The molecule has 3 N–H and O–H groups in total. The van der Waals surface area contributed by atoms with Crippen molar-refractivity contribution in [2.75, 3.05) is 6.54 Å². The molecule has 2 heterocycles. The second-order valence-electron chi connectivity index (χ2n) is 10.2. The lowest BCUT2D eigenvalue weighted by molar-refractivity contribution is -0.0214. The number of benzene rings is 3. The summed E-state index contributed by atoms with van der Waals surface area (Å²) in [5, 5.41) is 34.2. The van der Waals surface area contributed by atoms with E-state index in [1.165, 1.54) is 0 Å². The molecule has 1 aromatic heterocycles. The number of nitrogens with zero attached hydrogens (tertiary/aromatic N) is 3. The number of hydrogen-bond donors (Lipinski definition) is 3. The van der Waals surface area contributed by atoms with Gasteiger partial charge in [-0.15, -0.1) is 0 Å². The van der Waals surface area contributed by atoms with Gasteiger partial charge in [0.15, 0.2) is 0 Å². The van der Waals surface area contributed by atoms with Gasteiger partial charge in [-0.25, -0.2) is 9.80 Å². The molecule has 2 atom stereocenters. The number of hydrogen-bond acceptors (Lipinski definition) is 6. The van der Waals surface area contributed by atoms with Gasteiger partial charge in [-0.3, -0.25) is 5.01 Å². The number of aliphatic hydroxyl groups is 3. The lowest BCUT2D eigenvalue weighted by Gasteiger charge is -2.36. The zero-order valence-corrected chi connectivity index (χ0v) is 22.3. The molecule has 208 valence electrons. The van der Waals surface area contributed by atoms with Crippen molar-refractivity contribution in [1.82, 2.24) is 14.9 Å². The smallest absolute Gasteiger partial charge is 0.335 e. The lowest BCUT2D eigenvalue weighted by Crippen LogP contribution is -2.51. The highest BCUT2D eigenvalue weighted by Crippen LogP contribution is 2.26. The van der Waals surface area contributed by atoms with Gasteiger partial charge in [-0.2, -0.15) is 0 Å². The van der Waals surface area contributed by atoms with E-state index in [1.54, 1.807) is 22.4 Å². The van der Waals surface area contributed by atoms with Crippen molar-refractivity contribution in [2.45, 2.75) is 51.4 Å². The fourth-order valence-corrected chi connectivity index (χ4v) is 5.12. The zero-order chi connectivity index (χ0) is 27.9. The summed E-state index contributed by atoms with van der Waals surface area (Å²) in [5.74, 6) is 0. The van der Waals surface area contributed by atoms with Crippen LogP contribution in [0.3, 0.4) is 0 Å². The SMILES string of the molecule is O=C1N(Cc2ccc(CO)cc2)[C@H](Cc2ccccc2)[C@H](O)CN(Cc2ccoc2)N1Cc1ccc(CO)cc1. The van der Waals surface area contributed by atoms with Crippen LogP contribution in [-0.4, -0.2) is 55.0 Å². The van der Waals surface area contributed by atoms with Crippen LogP contribution in [0.5, 0.6) is 0 Å². The molecule has 1 aliphatic heterocycles. The van der Waals surface area contributed by atoms with Gasteiger partial charge < -0.3 is 24.6 Å². The van der Waals surface area contributed by atoms with Crippen LogP contribution >= 0.6 is 0 Å². The molecule has 8 heteroatoms. The van der Waals surface area contributed by atoms with Crippen LogP contribution < -0.4 is 0 Å². The quantitative estimate of drug-likeness (QED) is 0.280. The number of rotatable bonds is 10. The Labute approximate surface area is 234 Å². The Morgan fingerprint density at radius 1 is 0.700 bits per heavy atom. The Kier molecular flexibility index (Phi) is 8.93. The van der Waals surface area contributed by atoms with E-state index in [1.807, 2.05) is 89.9 Å². The van der Waals surface area contributed by atoms with Crippen LogP contribution in [-0.2, 0) is 39.3 Å². The fraction of sp³-hybridized carbons (Fsp3) is 0.281. The molecule has 2 amide bonds. The molecule has 0 bridgehead atoms. The summed E-state index contributed by atoms with van der Waals surface area (Å²) in [6, 6.07) is 26.2. The van der Waals surface area contributed by atoms with Crippen molar-refractivity contribution in [3.8, 4) is 0 Å². The number of amides is 2. The molecular formula is C32H35N3O5. The van der Waals surface area contributed by atoms with Crippen LogP contribution in [0.15, 0.2) is 102 Å². The van der Waals surface area contributed by atoms with E-state index in [4.69, 9.17) is 4.42 Å². The maximum atomic E-state index is 14.5. The highest BCUT2D eigenvalue weighted by Gasteiger charge is 2.40. The summed E-state index contributed by atoms with van der Waals surface area (Å²) >= 11 is 0. The lowest BCUT2D eigenvalue weighted by atomic mass is 9.99. The molecule has 3 aromatic carbocycles. The number of furan rings is 1. The molecule has 0 aliphatic carbocycles. The molecule has 5 rings (SSSR count). The Morgan fingerprint density at radius 3 is 1.88 bits per heavy atom. The van der Waals surface area contributed by atoms with Gasteiger partial charge in [0, 0.05) is 25.2 Å². The highest BCUT2D eigenvalue weighted by molar-refractivity contribution is 5.75. The highest BCUT2D eigenvalue weighted by atomic mass is 16.3. The molecule has 0 radical (unpaired) electrons. The van der Waals surface area contributed by atoms with Crippen molar-refractivity contribution in [3.63, 3.8) is 0 Å². The zero-order valence-electron chi connectivity index (χ0n) is 22.3. The van der Waals surface area contributed by atoms with Gasteiger partial charge in [0.05, 0.1) is 44.4 Å². The monoisotopic (exact) mass is 541 g/mol. The molecule has 1 aliphatic rings. The summed E-state index contributed by atoms with van der Waals surface area (Å²) in [7, 11) is 0. The minimum Gasteiger partial charge on any atom is -0.472 e. The largest absolute Gasteiger partial charge is 0.472 e. The standard InChI is InChI=1S/C32H35N3O5/c36-21-27-10-6-25(7-11-27)18-34-30(16-24-4-2-1-3-5-24)31(38)20-33(17-29-14-15-40-23-29)35(32(34)39)19-26-8-12-28(22-37)13-9-26/h1-15,23,30-31,36-38H,16-22H2/t30-,31-/m1/s1. The number of aliphatic hydroxyl groups excluding tert-OH is 3. The van der Waals surface area contributed by atoms with Crippen LogP contribution in [0.1, 0.15) is 33.4 Å². The number of hydrazine groups is 1. The van der Waals surface area contributed by atoms with Gasteiger partial charge in [0.1, 0.15) is 0 Å². The summed E-state index contributed by atoms with van der Waals surface area (Å²) in [6.07, 6.45) is 2.93. The first-order valence-electron chi connectivity index (χ1n) is 13.5. The molecule has 0 unspecified atom stereocenters. The number of carbonyl (C=O) groups is 1. The van der Waals surface area contributed by atoms with E-state index in [2.05, 4.69) is 0 Å². The van der Waals surface area contributed by atoms with Gasteiger partial charge in [-0.05, 0) is 40.3 Å². The van der Waals surface area contributed by atoms with Crippen LogP contribution in [0, 0.1) is 0 Å². The van der Waals surface area contributed by atoms with Crippen molar-refractivity contribution in [3.05, 3.63) is 131 Å². The Balaban J connectivity index is 1.52. The van der Waals surface area contributed by atoms with E-state index < -0.39 is 12.1 Å². The summed E-state index contributed by atoms with van der Waals surface area (Å²) in [6.45, 7) is 1.15. The average molecular weight is 542 g/mol. The summed E-state index contributed by atoms with van der Waals surface area (Å²) < 4.78 is 5.29. The number of urea groups is 1. The predicted octanol–water partition coefficient (Wildman–Crippen LogP) is 4.09. The maximum Gasteiger partial charge on any atom is 0.335 e. The Morgan fingerprint density at radius 2 is 1.30 bits per heavy atom. The normalized spacial score (nSPS) is 18.2. The minimum absolute atomic E-state index is 0.0499. The molecule has 0 spiro atoms. The van der Waals surface area contributed by atoms with Gasteiger partial charge in [0.25, 0.3) is 0 Å². The first-order valence-corrected chi connectivity index (χ1v) is 13.5. The van der Waals surface area contributed by atoms with Crippen LogP contribution in [0.2, 0.25) is 0 Å². The molecule has 1 fully saturated rings. The maximum absolute atomic E-state index is 14.5. The third-order valence-electron chi connectivity index (χ3n) is 7.38. The van der Waals surface area contributed by atoms with Gasteiger partial charge >= 0.3 is 6.03 Å². The van der Waals surface area contributed by atoms with Crippen LogP contribution in [0.25, 0.3) is 0 Å². The van der Waals surface area contributed by atoms with Crippen molar-refractivity contribution < 1.29 is 24.5 Å². The topological polar surface area (TPSA) is 101 Å². The predicted molar refractivity (Wildman–Crippen MR) is 150 cm³/mol. The molecule has 40 heavy (non-hydrogen) atoms. The van der Waals surface area contributed by atoms with E-state index in [0.717, 1.165) is 33.4 Å². The fourth-order valence-electron chi connectivity index (χ4n) is 5.12. The third-order valence-corrected chi connectivity index (χ3v) is 7.38. The van der Waals surface area contributed by atoms with E-state index in [-0.39, 0.29) is 25.8 Å². The minimum atomic E-state index is -0.825. The van der Waals surface area contributed by atoms with E-state index >= 15 is 0 Å². The average Bonchev–Trinajstić information content (AvgIpc) is 3.49. The molecule has 4 aromatic rings. The Bertz CT molecular complexity index is 1340. The number of carbonyl (C=O) groups excluding carboxylic acids is 1. The van der Waals surface area contributed by atoms with Gasteiger partial charge in [0.2, 0.25) is 0 Å². The first kappa shape index (κ1) is 27.6. The first-order chi connectivity index (χ1) is 19.5. The van der Waals surface area contributed by atoms with E-state index in [9.17, 15) is 20.1 Å². The van der Waals surface area contributed by atoms with Crippen molar-refractivity contribution in [2.24, 2.45) is 0 Å². The second kappa shape index (κ2) is 12.9. The van der Waals surface area contributed by atoms with Gasteiger partial charge in [-0.1, -0.05) is 78.9 Å². The van der Waals surface area contributed by atoms with E-state index in [0.29, 0.717) is 26.1 Å². The number of β-amino-alcohol motifs (C(OH)–C–C–N with tert-alkyl or cyclic N) is 1. The molecule has 8 nitrogen and oxygen atoms in total.